The van der Waals surface area contributed by atoms with Crippen molar-refractivity contribution in [1.29, 1.82) is 0 Å². The molecule has 0 aromatic carbocycles. The lowest BCUT2D eigenvalue weighted by molar-refractivity contribution is -0.166. The van der Waals surface area contributed by atoms with E-state index in [0.29, 0.717) is 30.3 Å². The van der Waals surface area contributed by atoms with Crippen molar-refractivity contribution in [2.45, 2.75) is 123 Å². The van der Waals surface area contributed by atoms with Crippen molar-refractivity contribution < 1.29 is 18.7 Å². The lowest BCUT2D eigenvalue weighted by Crippen LogP contribution is -2.62. The molecule has 33 heavy (non-hydrogen) atoms. The molecular weight excluding hydrogens is 428 g/mol. The molecule has 0 aromatic heterocycles. The number of carbonyl (C=O) groups excluding carboxylic acids is 1. The van der Waals surface area contributed by atoms with Crippen molar-refractivity contribution in [2.24, 2.45) is 34.5 Å². The van der Waals surface area contributed by atoms with E-state index in [1.54, 1.807) is 0 Å². The number of rotatable bonds is 2. The minimum absolute atomic E-state index is 0.00265. The summed E-state index contributed by atoms with van der Waals surface area (Å²) in [5.41, 5.74) is 0.192. The van der Waals surface area contributed by atoms with Gasteiger partial charge in [0.15, 0.2) is 19.9 Å². The molecule has 5 rings (SSSR count). The second-order valence-electron chi connectivity index (χ2n) is 14.3. The molecule has 186 valence electrons. The number of ether oxygens (including phenoxy) is 2. The highest BCUT2D eigenvalue weighted by molar-refractivity contribution is 6.74. The van der Waals surface area contributed by atoms with Crippen LogP contribution in [0.5, 0.6) is 0 Å². The van der Waals surface area contributed by atoms with Gasteiger partial charge in [0.05, 0.1) is 18.3 Å². The van der Waals surface area contributed by atoms with Crippen LogP contribution >= 0.6 is 0 Å². The van der Waals surface area contributed by atoms with Crippen molar-refractivity contribution in [1.82, 2.24) is 0 Å². The highest BCUT2D eigenvalue weighted by atomic mass is 28.4. The van der Waals surface area contributed by atoms with Crippen LogP contribution in [0.4, 0.5) is 0 Å². The summed E-state index contributed by atoms with van der Waals surface area (Å²) in [5.74, 6) is 1.46. The topological polar surface area (TPSA) is 44.8 Å². The molecule has 1 aliphatic heterocycles. The van der Waals surface area contributed by atoms with Crippen molar-refractivity contribution in [3.8, 4) is 0 Å². The van der Waals surface area contributed by atoms with Crippen molar-refractivity contribution in [3.05, 3.63) is 12.2 Å². The molecule has 0 radical (unpaired) electrons. The Morgan fingerprint density at radius 2 is 1.64 bits per heavy atom. The minimum atomic E-state index is -1.84. The Morgan fingerprint density at radius 3 is 2.30 bits per heavy atom. The third kappa shape index (κ3) is 3.50. The van der Waals surface area contributed by atoms with Gasteiger partial charge in [-0.15, -0.1) is 0 Å². The fourth-order valence-electron chi connectivity index (χ4n) is 8.25. The maximum absolute atomic E-state index is 12.5. The van der Waals surface area contributed by atoms with Crippen LogP contribution in [0.15, 0.2) is 12.2 Å². The zero-order valence-electron chi connectivity index (χ0n) is 22.4. The largest absolute Gasteiger partial charge is 0.413 e. The summed E-state index contributed by atoms with van der Waals surface area (Å²) in [5, 5.41) is 0.223. The Kier molecular flexibility index (Phi) is 5.33. The van der Waals surface area contributed by atoms with Crippen LogP contribution in [-0.2, 0) is 18.7 Å². The molecule has 0 amide bonds. The molecular formula is C28H46O4Si. The van der Waals surface area contributed by atoms with Gasteiger partial charge >= 0.3 is 0 Å². The number of fused-ring (bicyclic) bond motifs is 8. The first-order valence-corrected chi connectivity index (χ1v) is 16.3. The third-order valence-corrected chi connectivity index (χ3v) is 15.6. The normalized spacial score (nSPS) is 48.8. The van der Waals surface area contributed by atoms with Gasteiger partial charge in [0, 0.05) is 12.3 Å². The monoisotopic (exact) mass is 474 g/mol. The van der Waals surface area contributed by atoms with Gasteiger partial charge in [-0.2, -0.15) is 0 Å². The van der Waals surface area contributed by atoms with E-state index in [-0.39, 0.29) is 39.8 Å². The molecule has 4 unspecified atom stereocenters. The van der Waals surface area contributed by atoms with E-state index < -0.39 is 14.1 Å². The molecule has 1 heterocycles. The van der Waals surface area contributed by atoms with Crippen LogP contribution in [-0.4, -0.2) is 38.2 Å². The lowest BCUT2D eigenvalue weighted by Gasteiger charge is -2.61. The van der Waals surface area contributed by atoms with E-state index in [2.05, 4.69) is 67.6 Å². The van der Waals surface area contributed by atoms with Crippen molar-refractivity contribution >= 4 is 14.1 Å². The summed E-state index contributed by atoms with van der Waals surface area (Å²) < 4.78 is 20.4. The predicted molar refractivity (Wildman–Crippen MR) is 133 cm³/mol. The maximum Gasteiger partial charge on any atom is 0.192 e. The molecule has 5 aliphatic rings. The Hall–Kier alpha value is -0.493. The first-order valence-electron chi connectivity index (χ1n) is 13.3. The van der Waals surface area contributed by atoms with Crippen LogP contribution in [0.2, 0.25) is 18.1 Å². The van der Waals surface area contributed by atoms with Crippen LogP contribution in [0.3, 0.4) is 0 Å². The molecule has 9 atom stereocenters. The SMILES string of the molecule is CC1(C)O[C@@H]2C3C(CC[C@@]4(C)C3CC[C@@H]4O[Si](C)(C)C(C)(C)C)[C@@]3(C)C=CC(=O)CC3[C@H]2O1. The highest BCUT2D eigenvalue weighted by Gasteiger charge is 2.68. The van der Waals surface area contributed by atoms with Crippen molar-refractivity contribution in [3.63, 3.8) is 0 Å². The molecule has 5 heteroatoms. The second-order valence-corrected chi connectivity index (χ2v) is 19.1. The van der Waals surface area contributed by atoms with E-state index in [1.807, 2.05) is 6.08 Å². The summed E-state index contributed by atoms with van der Waals surface area (Å²) >= 11 is 0. The maximum atomic E-state index is 12.5. The van der Waals surface area contributed by atoms with Crippen LogP contribution in [0.1, 0.15) is 80.6 Å². The molecule has 4 nitrogen and oxygen atoms in total. The van der Waals surface area contributed by atoms with E-state index in [9.17, 15) is 4.79 Å². The molecule has 3 saturated carbocycles. The van der Waals surface area contributed by atoms with E-state index >= 15 is 0 Å². The van der Waals surface area contributed by atoms with Gasteiger partial charge in [0.1, 0.15) is 0 Å². The molecule has 0 spiro atoms. The zero-order chi connectivity index (χ0) is 24.2. The predicted octanol–water partition coefficient (Wildman–Crippen LogP) is 6.50. The first kappa shape index (κ1) is 24.2. The van der Waals surface area contributed by atoms with Gasteiger partial charge in [-0.3, -0.25) is 4.79 Å². The number of ketones is 1. The summed E-state index contributed by atoms with van der Waals surface area (Å²) in [4.78, 5) is 12.5. The Balaban J connectivity index is 1.51. The van der Waals surface area contributed by atoms with E-state index in [1.165, 1.54) is 19.3 Å². The number of allylic oxidation sites excluding steroid dienone is 2. The van der Waals surface area contributed by atoms with E-state index in [0.717, 1.165) is 6.42 Å². The fraction of sp³-hybridized carbons (Fsp3) is 0.893. The standard InChI is InChI=1S/C28H46O4Si/c1-25(2,3)33(8,9)32-21-11-10-18-22-19(13-15-28(18,21)7)27(6)14-12-17(29)16-20(27)23-24(22)31-26(4,5)30-23/h12,14,18-24H,10-11,13,15-16H2,1-9H3/t18?,19?,20?,21-,22?,23+,24+,27+,28-/m0/s1. The average molecular weight is 475 g/mol. The second kappa shape index (κ2) is 7.27. The Bertz CT molecular complexity index is 856. The van der Waals surface area contributed by atoms with E-state index in [4.69, 9.17) is 13.9 Å². The van der Waals surface area contributed by atoms with Crippen LogP contribution in [0.25, 0.3) is 0 Å². The third-order valence-electron chi connectivity index (χ3n) is 11.1. The highest BCUT2D eigenvalue weighted by Crippen LogP contribution is 2.68. The number of carbonyl (C=O) groups is 1. The van der Waals surface area contributed by atoms with Gasteiger partial charge in [0.25, 0.3) is 0 Å². The molecule has 0 aromatic rings. The average Bonchev–Trinajstić information content (AvgIpc) is 3.18. The lowest BCUT2D eigenvalue weighted by atomic mass is 9.45. The van der Waals surface area contributed by atoms with Gasteiger partial charge in [0.2, 0.25) is 0 Å². The molecule has 0 N–H and O–H groups in total. The number of hydrogen-bond acceptors (Lipinski definition) is 4. The molecule has 0 bridgehead atoms. The van der Waals surface area contributed by atoms with Gasteiger partial charge < -0.3 is 13.9 Å². The van der Waals surface area contributed by atoms with Crippen LogP contribution in [0, 0.1) is 34.5 Å². The van der Waals surface area contributed by atoms with Crippen LogP contribution < -0.4 is 0 Å². The van der Waals surface area contributed by atoms with Crippen molar-refractivity contribution in [2.75, 3.05) is 0 Å². The molecule has 1 saturated heterocycles. The van der Waals surface area contributed by atoms with Gasteiger partial charge in [-0.1, -0.05) is 40.7 Å². The minimum Gasteiger partial charge on any atom is -0.413 e. The Labute approximate surface area is 202 Å². The summed E-state index contributed by atoms with van der Waals surface area (Å²) in [6.45, 7) is 20.9. The fourth-order valence-corrected chi connectivity index (χ4v) is 9.70. The molecule has 4 aliphatic carbocycles. The molecule has 4 fully saturated rings. The van der Waals surface area contributed by atoms with Gasteiger partial charge in [-0.05, 0) is 92.3 Å². The first-order chi connectivity index (χ1) is 15.1. The zero-order valence-corrected chi connectivity index (χ0v) is 23.4. The smallest absolute Gasteiger partial charge is 0.192 e. The quantitative estimate of drug-likeness (QED) is 0.428. The van der Waals surface area contributed by atoms with Gasteiger partial charge in [-0.25, -0.2) is 0 Å². The summed E-state index contributed by atoms with van der Waals surface area (Å²) in [6, 6.07) is 0. The Morgan fingerprint density at radius 1 is 0.970 bits per heavy atom. The number of hydrogen-bond donors (Lipinski definition) is 0. The summed E-state index contributed by atoms with van der Waals surface area (Å²) in [7, 11) is -1.84. The summed E-state index contributed by atoms with van der Waals surface area (Å²) in [6.07, 6.45) is 9.91.